The van der Waals surface area contributed by atoms with E-state index in [0.29, 0.717) is 23.3 Å². The van der Waals surface area contributed by atoms with Crippen molar-refractivity contribution >= 4 is 23.1 Å². The lowest BCUT2D eigenvalue weighted by atomic mass is 9.94. The number of carbonyl (C=O) groups is 2. The lowest BCUT2D eigenvalue weighted by Crippen LogP contribution is -2.21. The molecule has 0 aliphatic carbocycles. The number of benzene rings is 2. The van der Waals surface area contributed by atoms with E-state index in [2.05, 4.69) is 20.7 Å². The second-order valence-corrected chi connectivity index (χ2v) is 7.95. The number of halogens is 5. The van der Waals surface area contributed by atoms with Gasteiger partial charge in [0, 0.05) is 11.1 Å². The van der Waals surface area contributed by atoms with Crippen molar-refractivity contribution in [2.45, 2.75) is 19.1 Å². The van der Waals surface area contributed by atoms with Gasteiger partial charge in [-0.15, -0.1) is 0 Å². The van der Waals surface area contributed by atoms with Gasteiger partial charge in [-0.1, -0.05) is 6.07 Å². The van der Waals surface area contributed by atoms with Crippen LogP contribution in [-0.2, 0) is 6.18 Å². The first kappa shape index (κ1) is 22.4. The van der Waals surface area contributed by atoms with Crippen LogP contribution in [0.4, 0.5) is 27.6 Å². The van der Waals surface area contributed by atoms with Gasteiger partial charge in [0.2, 0.25) is 0 Å². The first-order valence-corrected chi connectivity index (χ1v) is 10.1. The van der Waals surface area contributed by atoms with Gasteiger partial charge in [0.25, 0.3) is 11.8 Å². The van der Waals surface area contributed by atoms with Crippen LogP contribution in [0.1, 0.15) is 49.0 Å². The molecule has 0 saturated heterocycles. The van der Waals surface area contributed by atoms with Crippen LogP contribution >= 0.6 is 0 Å². The van der Waals surface area contributed by atoms with Crippen LogP contribution in [0.2, 0.25) is 0 Å². The molecule has 178 valence electrons. The van der Waals surface area contributed by atoms with Crippen molar-refractivity contribution in [2.75, 3.05) is 5.32 Å². The third-order valence-corrected chi connectivity index (χ3v) is 5.69. The normalized spacial score (nSPS) is 15.3. The predicted molar refractivity (Wildman–Crippen MR) is 113 cm³/mol. The average molecular weight is 487 g/mol. The van der Waals surface area contributed by atoms with E-state index in [4.69, 9.17) is 0 Å². The Balaban J connectivity index is 1.65. The molecule has 7 nitrogen and oxygen atoms in total. The lowest BCUT2D eigenvalue weighted by molar-refractivity contribution is -0.137. The van der Waals surface area contributed by atoms with E-state index in [1.807, 2.05) is 0 Å². The first-order valence-electron chi connectivity index (χ1n) is 10.1. The average Bonchev–Trinajstić information content (AvgIpc) is 3.38. The van der Waals surface area contributed by atoms with E-state index in [9.17, 15) is 31.5 Å². The van der Waals surface area contributed by atoms with Crippen molar-refractivity contribution in [3.05, 3.63) is 93.9 Å². The number of aryl methyl sites for hydroxylation is 1. The molecule has 1 aliphatic rings. The number of carbonyl (C=O) groups excluding carboxylic acids is 2. The van der Waals surface area contributed by atoms with Crippen molar-refractivity contribution in [1.82, 2.24) is 19.9 Å². The quantitative estimate of drug-likeness (QED) is 0.419. The second kappa shape index (κ2) is 7.86. The Morgan fingerprint density at radius 3 is 2.63 bits per heavy atom. The molecule has 0 radical (unpaired) electrons. The van der Waals surface area contributed by atoms with Crippen molar-refractivity contribution in [3.63, 3.8) is 0 Å². The van der Waals surface area contributed by atoms with Crippen LogP contribution in [0.25, 0.3) is 5.65 Å². The minimum absolute atomic E-state index is 0.00725. The maximum absolute atomic E-state index is 14.0. The number of alkyl halides is 3. The fourth-order valence-corrected chi connectivity index (χ4v) is 4.10. The first-order chi connectivity index (χ1) is 16.5. The summed E-state index contributed by atoms with van der Waals surface area (Å²) < 4.78 is 68.5. The number of hydrogen-bond donors (Lipinski definition) is 2. The highest BCUT2D eigenvalue weighted by Gasteiger charge is 2.37. The topological polar surface area (TPSA) is 88.4 Å². The number of nitrogens with zero attached hydrogens (tertiary/aromatic N) is 3. The fraction of sp³-hybridized carbons (Fsp3) is 0.130. The molecule has 4 aromatic rings. The highest BCUT2D eigenvalue weighted by atomic mass is 19.4. The Bertz CT molecular complexity index is 1530. The highest BCUT2D eigenvalue weighted by molar-refractivity contribution is 6.10. The zero-order valence-electron chi connectivity index (χ0n) is 17.7. The van der Waals surface area contributed by atoms with Crippen molar-refractivity contribution in [2.24, 2.45) is 0 Å². The van der Waals surface area contributed by atoms with Crippen LogP contribution < -0.4 is 10.6 Å². The molecule has 3 heterocycles. The summed E-state index contributed by atoms with van der Waals surface area (Å²) >= 11 is 0. The molecular weight excluding hydrogens is 473 g/mol. The summed E-state index contributed by atoms with van der Waals surface area (Å²) in [6.07, 6.45) is -2.36. The van der Waals surface area contributed by atoms with E-state index in [-0.39, 0.29) is 28.5 Å². The Labute approximate surface area is 193 Å². The zero-order valence-corrected chi connectivity index (χ0v) is 17.7. The van der Waals surface area contributed by atoms with Gasteiger partial charge in [-0.3, -0.25) is 9.59 Å². The number of rotatable bonds is 3. The Kier molecular flexibility index (Phi) is 5.04. The molecule has 2 amide bonds. The van der Waals surface area contributed by atoms with Crippen molar-refractivity contribution < 1.29 is 31.5 Å². The minimum atomic E-state index is -4.87. The SMILES string of the molecule is Cc1ccc(F)cc1C1NC(=O)c2c1c(NC(=O)c1cc(F)cc(C(F)(F)F)c1)cn1ncnc21. The standard InChI is InChI=1S/C23H14F5N5O2/c1-10-2-3-13(24)7-15(10)19-17-16(8-33-20(29-9-30-33)18(17)22(35)32-19)31-21(34)11-4-12(23(26,27)28)6-14(25)5-11/h2-9,19H,1H3,(H,31,34)(H,32,35). The molecule has 2 aromatic heterocycles. The van der Waals surface area contributed by atoms with Gasteiger partial charge in [-0.2, -0.15) is 18.3 Å². The second-order valence-electron chi connectivity index (χ2n) is 7.95. The van der Waals surface area contributed by atoms with Crippen molar-refractivity contribution in [1.29, 1.82) is 0 Å². The van der Waals surface area contributed by atoms with Gasteiger partial charge in [-0.25, -0.2) is 18.3 Å². The van der Waals surface area contributed by atoms with E-state index < -0.39 is 46.8 Å². The van der Waals surface area contributed by atoms with Crippen LogP contribution in [0.3, 0.4) is 0 Å². The Hall–Kier alpha value is -4.35. The summed E-state index contributed by atoms with van der Waals surface area (Å²) in [6, 6.07) is 4.57. The largest absolute Gasteiger partial charge is 0.416 e. The van der Waals surface area contributed by atoms with Crippen LogP contribution in [0, 0.1) is 18.6 Å². The summed E-state index contributed by atoms with van der Waals surface area (Å²) in [6.45, 7) is 1.71. The molecule has 35 heavy (non-hydrogen) atoms. The lowest BCUT2D eigenvalue weighted by Gasteiger charge is -2.19. The third-order valence-electron chi connectivity index (χ3n) is 5.69. The molecule has 2 aromatic carbocycles. The fourth-order valence-electron chi connectivity index (χ4n) is 4.10. The third kappa shape index (κ3) is 3.86. The molecule has 1 unspecified atom stereocenters. The number of hydrogen-bond acceptors (Lipinski definition) is 4. The summed E-state index contributed by atoms with van der Waals surface area (Å²) in [5, 5.41) is 9.15. The van der Waals surface area contributed by atoms with E-state index in [0.717, 1.165) is 0 Å². The zero-order chi connectivity index (χ0) is 25.1. The molecule has 0 spiro atoms. The molecule has 1 aliphatic heterocycles. The smallest absolute Gasteiger partial charge is 0.341 e. The molecule has 5 rings (SSSR count). The molecule has 12 heteroatoms. The van der Waals surface area contributed by atoms with Gasteiger partial charge in [0.05, 0.1) is 29.1 Å². The number of amides is 2. The van der Waals surface area contributed by atoms with Crippen LogP contribution in [-0.4, -0.2) is 26.4 Å². The van der Waals surface area contributed by atoms with Gasteiger partial charge < -0.3 is 10.6 Å². The number of aromatic nitrogens is 3. The molecule has 2 N–H and O–H groups in total. The van der Waals surface area contributed by atoms with Gasteiger partial charge in [0.15, 0.2) is 5.65 Å². The Morgan fingerprint density at radius 2 is 1.89 bits per heavy atom. The van der Waals surface area contributed by atoms with E-state index in [1.54, 1.807) is 6.92 Å². The maximum atomic E-state index is 14.0. The van der Waals surface area contributed by atoms with Gasteiger partial charge in [0.1, 0.15) is 18.0 Å². The molecule has 1 atom stereocenters. The van der Waals surface area contributed by atoms with E-state index in [1.165, 1.54) is 35.2 Å². The van der Waals surface area contributed by atoms with Crippen molar-refractivity contribution in [3.8, 4) is 0 Å². The summed E-state index contributed by atoms with van der Waals surface area (Å²) in [5.41, 5.74) is -0.408. The summed E-state index contributed by atoms with van der Waals surface area (Å²) in [5.74, 6) is -3.41. The highest BCUT2D eigenvalue weighted by Crippen LogP contribution is 2.39. The number of nitrogens with one attached hydrogen (secondary N) is 2. The van der Waals surface area contributed by atoms with Gasteiger partial charge >= 0.3 is 6.18 Å². The van der Waals surface area contributed by atoms with Gasteiger partial charge in [-0.05, 0) is 48.4 Å². The number of pyridine rings is 1. The molecule has 0 fully saturated rings. The number of anilines is 1. The molecular formula is C23H14F5N5O2. The maximum Gasteiger partial charge on any atom is 0.416 e. The summed E-state index contributed by atoms with van der Waals surface area (Å²) in [4.78, 5) is 29.9. The predicted octanol–water partition coefficient (Wildman–Crippen LogP) is 4.42. The number of fused-ring (bicyclic) bond motifs is 3. The molecule has 0 bridgehead atoms. The van der Waals surface area contributed by atoms with E-state index >= 15 is 0 Å². The van der Waals surface area contributed by atoms with Crippen LogP contribution in [0.15, 0.2) is 48.9 Å². The minimum Gasteiger partial charge on any atom is -0.341 e. The summed E-state index contributed by atoms with van der Waals surface area (Å²) in [7, 11) is 0. The Morgan fingerprint density at radius 1 is 1.11 bits per heavy atom. The molecule has 0 saturated carbocycles. The van der Waals surface area contributed by atoms with Crippen LogP contribution in [0.5, 0.6) is 0 Å². The monoisotopic (exact) mass is 487 g/mol.